The van der Waals surface area contributed by atoms with Crippen molar-refractivity contribution in [3.8, 4) is 5.75 Å². The van der Waals surface area contributed by atoms with Gasteiger partial charge in [-0.05, 0) is 24.4 Å². The number of nitrogens with one attached hydrogen (secondary N) is 1. The first-order chi connectivity index (χ1) is 8.22. The number of benzene rings is 1. The zero-order valence-electron chi connectivity index (χ0n) is 9.21. The van der Waals surface area contributed by atoms with Gasteiger partial charge in [-0.25, -0.2) is 4.98 Å². The van der Waals surface area contributed by atoms with Crippen molar-refractivity contribution in [2.75, 3.05) is 7.11 Å². The summed E-state index contributed by atoms with van der Waals surface area (Å²) in [6, 6.07) is 7.08. The van der Waals surface area contributed by atoms with E-state index in [2.05, 4.69) is 10.1 Å². The summed E-state index contributed by atoms with van der Waals surface area (Å²) in [7, 11) is 1.54. The van der Waals surface area contributed by atoms with Gasteiger partial charge in [-0.1, -0.05) is 12.1 Å². The van der Waals surface area contributed by atoms with Gasteiger partial charge in [0.25, 0.3) is 0 Å². The Balaban J connectivity index is 2.26. The Kier molecular flexibility index (Phi) is 3.34. The molecule has 1 aromatic carbocycles. The van der Waals surface area contributed by atoms with Gasteiger partial charge >= 0.3 is 0 Å². The number of Topliss-reactive ketones (excluding diaryl/α,β-unsaturated/α-hetero) is 1. The maximum atomic E-state index is 12.0. The minimum Gasteiger partial charge on any atom is -0.496 e. The van der Waals surface area contributed by atoms with Crippen LogP contribution in [0.5, 0.6) is 5.75 Å². The normalized spacial score (nSPS) is 10.2. The molecule has 2 rings (SSSR count). The van der Waals surface area contributed by atoms with Crippen molar-refractivity contribution in [1.29, 1.82) is 0 Å². The molecule has 0 saturated heterocycles. The van der Waals surface area contributed by atoms with Crippen LogP contribution in [0.15, 0.2) is 30.6 Å². The fourth-order valence-corrected chi connectivity index (χ4v) is 1.67. The van der Waals surface area contributed by atoms with Gasteiger partial charge < -0.3 is 4.74 Å². The predicted octanol–water partition coefficient (Wildman–Crippen LogP) is 1.83. The Morgan fingerprint density at radius 3 is 2.94 bits per heavy atom. The molecule has 5 nitrogen and oxygen atoms in total. The van der Waals surface area contributed by atoms with Crippen LogP contribution in [0, 0.1) is 4.77 Å². The first kappa shape index (κ1) is 11.5. The van der Waals surface area contributed by atoms with E-state index in [0.717, 1.165) is 0 Å². The second-order valence-corrected chi connectivity index (χ2v) is 3.74. The van der Waals surface area contributed by atoms with E-state index < -0.39 is 0 Å². The van der Waals surface area contributed by atoms with Crippen LogP contribution in [-0.4, -0.2) is 27.7 Å². The molecule has 0 radical (unpaired) electrons. The largest absolute Gasteiger partial charge is 0.496 e. The Labute approximate surface area is 103 Å². The highest BCUT2D eigenvalue weighted by Gasteiger charge is 2.12. The third-order valence-electron chi connectivity index (χ3n) is 2.33. The molecule has 0 unspecified atom stereocenters. The summed E-state index contributed by atoms with van der Waals surface area (Å²) in [6.45, 7) is 0.124. The molecule has 0 atom stereocenters. The van der Waals surface area contributed by atoms with E-state index in [9.17, 15) is 4.79 Å². The lowest BCUT2D eigenvalue weighted by atomic mass is 10.1. The van der Waals surface area contributed by atoms with Crippen LogP contribution in [0.25, 0.3) is 0 Å². The van der Waals surface area contributed by atoms with Crippen molar-refractivity contribution in [2.45, 2.75) is 6.54 Å². The molecule has 1 heterocycles. The number of aromatic amines is 1. The minimum atomic E-state index is -0.0807. The van der Waals surface area contributed by atoms with Crippen molar-refractivity contribution in [2.24, 2.45) is 0 Å². The van der Waals surface area contributed by atoms with Crippen LogP contribution in [0.4, 0.5) is 0 Å². The van der Waals surface area contributed by atoms with Crippen molar-refractivity contribution < 1.29 is 9.53 Å². The summed E-state index contributed by atoms with van der Waals surface area (Å²) in [4.78, 5) is 15.9. The highest BCUT2D eigenvalue weighted by Crippen LogP contribution is 2.18. The average molecular weight is 249 g/mol. The van der Waals surface area contributed by atoms with Crippen LogP contribution < -0.4 is 4.74 Å². The zero-order chi connectivity index (χ0) is 12.3. The number of ketones is 1. The first-order valence-corrected chi connectivity index (χ1v) is 5.39. The first-order valence-electron chi connectivity index (χ1n) is 4.99. The standard InChI is InChI=1S/C11H11N3O2S/c1-16-10-5-3-2-4-8(10)9(15)6-14-11(17)12-7-13-14/h2-5,7H,6H2,1H3,(H,12,13,17). The smallest absolute Gasteiger partial charge is 0.216 e. The maximum Gasteiger partial charge on any atom is 0.216 e. The Morgan fingerprint density at radius 2 is 2.29 bits per heavy atom. The summed E-state index contributed by atoms with van der Waals surface area (Å²) in [5.74, 6) is 0.478. The molecule has 6 heteroatoms. The van der Waals surface area contributed by atoms with Crippen LogP contribution >= 0.6 is 12.2 Å². The quantitative estimate of drug-likeness (QED) is 0.663. The zero-order valence-corrected chi connectivity index (χ0v) is 10.0. The van der Waals surface area contributed by atoms with Crippen molar-refractivity contribution in [3.63, 3.8) is 0 Å². The van der Waals surface area contributed by atoms with E-state index in [0.29, 0.717) is 16.1 Å². The number of nitrogens with zero attached hydrogens (tertiary/aromatic N) is 2. The Morgan fingerprint density at radius 1 is 1.53 bits per heavy atom. The van der Waals surface area contributed by atoms with E-state index in [1.807, 2.05) is 6.07 Å². The van der Waals surface area contributed by atoms with Crippen molar-refractivity contribution in [1.82, 2.24) is 14.8 Å². The number of hydrogen-bond donors (Lipinski definition) is 1. The minimum absolute atomic E-state index is 0.0807. The van der Waals surface area contributed by atoms with Gasteiger partial charge in [-0.3, -0.25) is 14.6 Å². The summed E-state index contributed by atoms with van der Waals surface area (Å²) < 4.78 is 6.99. The topological polar surface area (TPSA) is 59.9 Å². The highest BCUT2D eigenvalue weighted by atomic mass is 32.1. The van der Waals surface area contributed by atoms with E-state index in [1.54, 1.807) is 18.2 Å². The molecule has 1 N–H and O–H groups in total. The van der Waals surface area contributed by atoms with Crippen molar-refractivity contribution in [3.05, 3.63) is 40.9 Å². The fourth-order valence-electron chi connectivity index (χ4n) is 1.50. The fraction of sp³-hybridized carbons (Fsp3) is 0.182. The van der Waals surface area contributed by atoms with E-state index in [-0.39, 0.29) is 12.3 Å². The third kappa shape index (κ3) is 2.42. The molecule has 0 spiro atoms. The summed E-state index contributed by atoms with van der Waals surface area (Å²) in [6.07, 6.45) is 1.46. The summed E-state index contributed by atoms with van der Waals surface area (Å²) in [5.41, 5.74) is 0.534. The van der Waals surface area contributed by atoms with Gasteiger partial charge in [0.15, 0.2) is 5.78 Å². The molecule has 0 fully saturated rings. The number of rotatable bonds is 4. The number of hydrogen-bond acceptors (Lipinski definition) is 4. The monoisotopic (exact) mass is 249 g/mol. The Hall–Kier alpha value is -1.95. The number of carbonyl (C=O) groups excluding carboxylic acids is 1. The van der Waals surface area contributed by atoms with Crippen LogP contribution in [0.3, 0.4) is 0 Å². The number of H-pyrrole nitrogens is 1. The third-order valence-corrected chi connectivity index (χ3v) is 2.65. The molecule has 0 aliphatic rings. The molecule has 0 aliphatic carbocycles. The molecule has 1 aromatic heterocycles. The molecular formula is C11H11N3O2S. The number of methoxy groups -OCH3 is 1. The molecular weight excluding hydrogens is 238 g/mol. The van der Waals surface area contributed by atoms with Crippen LogP contribution in [0.1, 0.15) is 10.4 Å². The van der Waals surface area contributed by atoms with Gasteiger partial charge in [0.05, 0.1) is 12.7 Å². The molecule has 2 aromatic rings. The average Bonchev–Trinajstić information content (AvgIpc) is 2.75. The Bertz CT molecular complexity index is 588. The maximum absolute atomic E-state index is 12.0. The van der Waals surface area contributed by atoms with Gasteiger partial charge in [0.1, 0.15) is 18.6 Å². The lowest BCUT2D eigenvalue weighted by Crippen LogP contribution is -2.12. The number of ether oxygens (including phenoxy) is 1. The molecule has 0 saturated carbocycles. The molecule has 17 heavy (non-hydrogen) atoms. The molecule has 0 aliphatic heterocycles. The molecule has 88 valence electrons. The number of aromatic nitrogens is 3. The second-order valence-electron chi connectivity index (χ2n) is 3.38. The second kappa shape index (κ2) is 4.92. The predicted molar refractivity (Wildman–Crippen MR) is 64.7 cm³/mol. The molecule has 0 bridgehead atoms. The lowest BCUT2D eigenvalue weighted by Gasteiger charge is -2.07. The number of carbonyl (C=O) groups is 1. The van der Waals surface area contributed by atoms with Gasteiger partial charge in [0.2, 0.25) is 4.77 Å². The SMILES string of the molecule is COc1ccccc1C(=O)Cn1[nH]cnc1=S. The van der Waals surface area contributed by atoms with E-state index in [1.165, 1.54) is 18.1 Å². The van der Waals surface area contributed by atoms with Crippen LogP contribution in [0.2, 0.25) is 0 Å². The van der Waals surface area contributed by atoms with Gasteiger partial charge in [0, 0.05) is 0 Å². The van der Waals surface area contributed by atoms with E-state index >= 15 is 0 Å². The summed E-state index contributed by atoms with van der Waals surface area (Å²) in [5, 5.41) is 2.78. The summed E-state index contributed by atoms with van der Waals surface area (Å²) >= 11 is 4.95. The van der Waals surface area contributed by atoms with Gasteiger partial charge in [-0.2, -0.15) is 0 Å². The lowest BCUT2D eigenvalue weighted by molar-refractivity contribution is 0.0964. The van der Waals surface area contributed by atoms with E-state index in [4.69, 9.17) is 17.0 Å². The van der Waals surface area contributed by atoms with Crippen LogP contribution in [-0.2, 0) is 6.54 Å². The molecule has 0 amide bonds. The van der Waals surface area contributed by atoms with Crippen molar-refractivity contribution >= 4 is 18.0 Å². The highest BCUT2D eigenvalue weighted by molar-refractivity contribution is 7.71. The van der Waals surface area contributed by atoms with Gasteiger partial charge in [-0.15, -0.1) is 0 Å². The number of para-hydroxylation sites is 1.